The van der Waals surface area contributed by atoms with Crippen molar-refractivity contribution in [3.63, 3.8) is 0 Å². The van der Waals surface area contributed by atoms with E-state index in [1.807, 2.05) is 12.1 Å². The minimum Gasteiger partial charge on any atom is -0.494 e. The average Bonchev–Trinajstić information content (AvgIpc) is 2.44. The van der Waals surface area contributed by atoms with Gasteiger partial charge in [0.15, 0.2) is 0 Å². The molecule has 2 rings (SSSR count). The zero-order chi connectivity index (χ0) is 14.4. The Morgan fingerprint density at radius 3 is 2.60 bits per heavy atom. The lowest BCUT2D eigenvalue weighted by molar-refractivity contribution is -0.0300. The summed E-state index contributed by atoms with van der Waals surface area (Å²) in [4.78, 5) is 11.9. The fourth-order valence-corrected chi connectivity index (χ4v) is 2.15. The number of benzene rings is 1. The smallest absolute Gasteiger partial charge is 0.251 e. The minimum atomic E-state index is -0.682. The molecule has 0 heterocycles. The van der Waals surface area contributed by atoms with Gasteiger partial charge in [0.25, 0.3) is 5.91 Å². The van der Waals surface area contributed by atoms with Gasteiger partial charge in [-0.2, -0.15) is 0 Å². The average molecular weight is 277 g/mol. The molecule has 1 saturated carbocycles. The molecule has 0 aromatic heterocycles. The number of carbonyl (C=O) groups excluding carboxylic acids is 1. The predicted octanol–water partition coefficient (Wildman–Crippen LogP) is 2.51. The van der Waals surface area contributed by atoms with E-state index in [0.29, 0.717) is 18.7 Å². The summed E-state index contributed by atoms with van der Waals surface area (Å²) in [5.74, 6) is 0.637. The number of aliphatic hydroxyl groups is 1. The molecule has 1 aliphatic carbocycles. The van der Waals surface area contributed by atoms with Gasteiger partial charge in [0.1, 0.15) is 5.75 Å². The van der Waals surface area contributed by atoms with Crippen molar-refractivity contribution in [3.05, 3.63) is 29.8 Å². The van der Waals surface area contributed by atoms with Crippen LogP contribution < -0.4 is 10.1 Å². The maximum Gasteiger partial charge on any atom is 0.251 e. The van der Waals surface area contributed by atoms with Gasteiger partial charge in [-0.05, 0) is 49.9 Å². The second-order valence-corrected chi connectivity index (χ2v) is 5.49. The third-order valence-corrected chi connectivity index (χ3v) is 3.75. The predicted molar refractivity (Wildman–Crippen MR) is 78.0 cm³/mol. The molecule has 0 radical (unpaired) electrons. The zero-order valence-electron chi connectivity index (χ0n) is 12.0. The van der Waals surface area contributed by atoms with Crippen molar-refractivity contribution in [1.82, 2.24) is 5.32 Å². The van der Waals surface area contributed by atoms with Crippen LogP contribution in [0.3, 0.4) is 0 Å². The quantitative estimate of drug-likeness (QED) is 0.753. The van der Waals surface area contributed by atoms with Crippen molar-refractivity contribution in [2.75, 3.05) is 13.2 Å². The fraction of sp³-hybridized carbons (Fsp3) is 0.562. The highest BCUT2D eigenvalue weighted by atomic mass is 16.5. The molecule has 0 bridgehead atoms. The second-order valence-electron chi connectivity index (χ2n) is 5.49. The molecule has 1 aromatic carbocycles. The van der Waals surface area contributed by atoms with Crippen LogP contribution in [0.15, 0.2) is 24.3 Å². The van der Waals surface area contributed by atoms with Crippen LogP contribution in [0.25, 0.3) is 0 Å². The van der Waals surface area contributed by atoms with Crippen LogP contribution in [0, 0.1) is 0 Å². The van der Waals surface area contributed by atoms with Gasteiger partial charge in [0, 0.05) is 12.1 Å². The van der Waals surface area contributed by atoms with Crippen LogP contribution in [0.2, 0.25) is 0 Å². The minimum absolute atomic E-state index is 0.148. The summed E-state index contributed by atoms with van der Waals surface area (Å²) < 4.78 is 5.55. The molecule has 0 saturated heterocycles. The largest absolute Gasteiger partial charge is 0.494 e. The van der Waals surface area contributed by atoms with Crippen LogP contribution in [-0.2, 0) is 0 Å². The van der Waals surface area contributed by atoms with Crippen molar-refractivity contribution in [3.8, 4) is 5.75 Å². The van der Waals surface area contributed by atoms with Crippen LogP contribution in [0.1, 0.15) is 49.4 Å². The van der Waals surface area contributed by atoms with Gasteiger partial charge in [-0.3, -0.25) is 4.79 Å². The van der Waals surface area contributed by atoms with Crippen LogP contribution >= 0.6 is 0 Å². The molecule has 0 atom stereocenters. The highest BCUT2D eigenvalue weighted by Gasteiger charge is 2.34. The summed E-state index contributed by atoms with van der Waals surface area (Å²) in [6.07, 6.45) is 4.72. The lowest BCUT2D eigenvalue weighted by Gasteiger charge is -2.36. The van der Waals surface area contributed by atoms with Crippen molar-refractivity contribution in [1.29, 1.82) is 0 Å². The summed E-state index contributed by atoms with van der Waals surface area (Å²) >= 11 is 0. The molecule has 1 amide bonds. The number of rotatable bonds is 7. The molecule has 4 heteroatoms. The van der Waals surface area contributed by atoms with Crippen LogP contribution in [-0.4, -0.2) is 29.8 Å². The first-order valence-electron chi connectivity index (χ1n) is 7.36. The SMILES string of the molecule is CCCCOc1ccc(C(=O)NCC2(O)CCC2)cc1. The second kappa shape index (κ2) is 6.75. The Balaban J connectivity index is 1.80. The van der Waals surface area contributed by atoms with E-state index < -0.39 is 5.60 Å². The highest BCUT2D eigenvalue weighted by molar-refractivity contribution is 5.94. The van der Waals surface area contributed by atoms with Gasteiger partial charge >= 0.3 is 0 Å². The monoisotopic (exact) mass is 277 g/mol. The third-order valence-electron chi connectivity index (χ3n) is 3.75. The van der Waals surface area contributed by atoms with Gasteiger partial charge in [0.2, 0.25) is 0 Å². The number of hydrogen-bond donors (Lipinski definition) is 2. The summed E-state index contributed by atoms with van der Waals surface area (Å²) in [6.45, 7) is 3.16. The Morgan fingerprint density at radius 1 is 1.35 bits per heavy atom. The molecule has 4 nitrogen and oxygen atoms in total. The Kier molecular flexibility index (Phi) is 5.01. The molecule has 0 spiro atoms. The number of ether oxygens (including phenoxy) is 1. The molecule has 2 N–H and O–H groups in total. The van der Waals surface area contributed by atoms with Crippen LogP contribution in [0.4, 0.5) is 0 Å². The molecule has 20 heavy (non-hydrogen) atoms. The molecule has 0 unspecified atom stereocenters. The molecule has 1 aromatic rings. The van der Waals surface area contributed by atoms with E-state index in [9.17, 15) is 9.90 Å². The molecule has 0 aliphatic heterocycles. The van der Waals surface area contributed by atoms with Gasteiger partial charge in [0.05, 0.1) is 12.2 Å². The number of nitrogens with one attached hydrogen (secondary N) is 1. The molecular formula is C16H23NO3. The van der Waals surface area contributed by atoms with Crippen molar-refractivity contribution >= 4 is 5.91 Å². The number of unbranched alkanes of at least 4 members (excludes halogenated alkanes) is 1. The van der Waals surface area contributed by atoms with E-state index in [2.05, 4.69) is 12.2 Å². The number of hydrogen-bond acceptors (Lipinski definition) is 3. The molecular weight excluding hydrogens is 254 g/mol. The molecule has 1 aliphatic rings. The van der Waals surface area contributed by atoms with E-state index in [-0.39, 0.29) is 5.91 Å². The summed E-state index contributed by atoms with van der Waals surface area (Å²) in [5.41, 5.74) is -0.0884. The number of carbonyl (C=O) groups is 1. The van der Waals surface area contributed by atoms with E-state index in [0.717, 1.165) is 37.9 Å². The van der Waals surface area contributed by atoms with Gasteiger partial charge in [-0.15, -0.1) is 0 Å². The van der Waals surface area contributed by atoms with E-state index in [1.165, 1.54) is 0 Å². The topological polar surface area (TPSA) is 58.6 Å². The third kappa shape index (κ3) is 3.97. The molecule has 110 valence electrons. The first-order chi connectivity index (χ1) is 9.63. The summed E-state index contributed by atoms with van der Waals surface area (Å²) in [5, 5.41) is 12.7. The summed E-state index contributed by atoms with van der Waals surface area (Å²) in [6, 6.07) is 7.12. The Hall–Kier alpha value is -1.55. The van der Waals surface area contributed by atoms with Crippen molar-refractivity contribution in [2.24, 2.45) is 0 Å². The Morgan fingerprint density at radius 2 is 2.05 bits per heavy atom. The maximum absolute atomic E-state index is 11.9. The van der Waals surface area contributed by atoms with E-state index in [1.54, 1.807) is 12.1 Å². The van der Waals surface area contributed by atoms with Crippen molar-refractivity contribution < 1.29 is 14.6 Å². The Labute approximate surface area is 120 Å². The van der Waals surface area contributed by atoms with Gasteiger partial charge < -0.3 is 15.2 Å². The molecule has 1 fully saturated rings. The van der Waals surface area contributed by atoms with E-state index in [4.69, 9.17) is 4.74 Å². The summed E-state index contributed by atoms with van der Waals surface area (Å²) in [7, 11) is 0. The first kappa shape index (κ1) is 14.9. The lowest BCUT2D eigenvalue weighted by atomic mass is 9.80. The standard InChI is InChI=1S/C16H23NO3/c1-2-3-11-20-14-7-5-13(6-8-14)15(18)17-12-16(19)9-4-10-16/h5-8,19H,2-4,9-12H2,1H3,(H,17,18). The fourth-order valence-electron chi connectivity index (χ4n) is 2.15. The zero-order valence-corrected chi connectivity index (χ0v) is 12.0. The van der Waals surface area contributed by atoms with E-state index >= 15 is 0 Å². The van der Waals surface area contributed by atoms with Gasteiger partial charge in [-0.1, -0.05) is 13.3 Å². The highest BCUT2D eigenvalue weighted by Crippen LogP contribution is 2.30. The van der Waals surface area contributed by atoms with Gasteiger partial charge in [-0.25, -0.2) is 0 Å². The van der Waals surface area contributed by atoms with Crippen LogP contribution in [0.5, 0.6) is 5.75 Å². The normalized spacial score (nSPS) is 16.3. The van der Waals surface area contributed by atoms with Crippen molar-refractivity contribution in [2.45, 2.75) is 44.6 Å². The maximum atomic E-state index is 11.9. The first-order valence-corrected chi connectivity index (χ1v) is 7.36. The number of amides is 1. The lowest BCUT2D eigenvalue weighted by Crippen LogP contribution is -2.47. The Bertz CT molecular complexity index is 438.